The molecule has 1 saturated heterocycles. The van der Waals surface area contributed by atoms with Crippen LogP contribution < -0.4 is 15.4 Å². The van der Waals surface area contributed by atoms with Crippen LogP contribution in [0.2, 0.25) is 0 Å². The molecule has 158 valence electrons. The molecule has 1 unspecified atom stereocenters. The smallest absolute Gasteiger partial charge is 0.191 e. The Kier molecular flexibility index (Phi) is 8.42. The van der Waals surface area contributed by atoms with E-state index < -0.39 is 9.84 Å². The molecule has 0 spiro atoms. The quantitative estimate of drug-likeness (QED) is 0.354. The molecule has 1 aliphatic carbocycles. The molecule has 0 aromatic heterocycles. The Morgan fingerprint density at radius 3 is 2.43 bits per heavy atom. The first-order chi connectivity index (χ1) is 13.0. The summed E-state index contributed by atoms with van der Waals surface area (Å²) < 4.78 is 28.7. The molecule has 1 aromatic rings. The first-order valence-electron chi connectivity index (χ1n) is 9.78. The molecule has 8 heteroatoms. The molecule has 6 nitrogen and oxygen atoms in total. The van der Waals surface area contributed by atoms with E-state index in [1.165, 1.54) is 24.8 Å². The maximum absolute atomic E-state index is 11.7. The second-order valence-electron chi connectivity index (χ2n) is 7.74. The molecule has 28 heavy (non-hydrogen) atoms. The molecule has 1 aromatic carbocycles. The number of methoxy groups -OCH3 is 1. The van der Waals surface area contributed by atoms with E-state index >= 15 is 0 Å². The molecule has 1 atom stereocenters. The topological polar surface area (TPSA) is 79.8 Å². The fourth-order valence-corrected chi connectivity index (χ4v) is 5.96. The molecule has 0 bridgehead atoms. The van der Waals surface area contributed by atoms with E-state index in [9.17, 15) is 8.42 Å². The van der Waals surface area contributed by atoms with E-state index in [1.807, 2.05) is 12.1 Å². The highest BCUT2D eigenvalue weighted by molar-refractivity contribution is 14.0. The minimum Gasteiger partial charge on any atom is -0.497 e. The molecule has 2 fully saturated rings. The van der Waals surface area contributed by atoms with E-state index in [1.54, 1.807) is 14.2 Å². The number of ether oxygens (including phenoxy) is 1. The zero-order valence-corrected chi connectivity index (χ0v) is 19.9. The van der Waals surface area contributed by atoms with Crippen LogP contribution in [-0.4, -0.2) is 52.6 Å². The van der Waals surface area contributed by atoms with Crippen molar-refractivity contribution in [2.24, 2.45) is 4.99 Å². The third-order valence-corrected chi connectivity index (χ3v) is 7.67. The summed E-state index contributed by atoms with van der Waals surface area (Å²) in [5.74, 6) is 2.02. The summed E-state index contributed by atoms with van der Waals surface area (Å²) in [5, 5.41) is 6.76. The number of halogens is 1. The summed E-state index contributed by atoms with van der Waals surface area (Å²) in [5.41, 5.74) is 1.40. The molecule has 0 amide bonds. The van der Waals surface area contributed by atoms with Gasteiger partial charge in [-0.3, -0.25) is 4.99 Å². The van der Waals surface area contributed by atoms with Gasteiger partial charge in [0.05, 0.1) is 18.6 Å². The maximum Gasteiger partial charge on any atom is 0.191 e. The molecular formula is C20H32IN3O3S. The van der Waals surface area contributed by atoms with Gasteiger partial charge < -0.3 is 15.4 Å². The van der Waals surface area contributed by atoms with Crippen LogP contribution >= 0.6 is 24.0 Å². The number of rotatable bonds is 5. The predicted octanol–water partition coefficient (Wildman–Crippen LogP) is 2.87. The Balaban J connectivity index is 0.00000280. The first kappa shape index (κ1) is 23.3. The van der Waals surface area contributed by atoms with E-state index in [0.29, 0.717) is 12.4 Å². The maximum atomic E-state index is 11.7. The number of nitrogens with zero attached hydrogens (tertiary/aromatic N) is 1. The van der Waals surface area contributed by atoms with Gasteiger partial charge in [-0.2, -0.15) is 0 Å². The van der Waals surface area contributed by atoms with E-state index in [2.05, 4.69) is 27.8 Å². The third-order valence-electron chi connectivity index (χ3n) is 5.90. The summed E-state index contributed by atoms with van der Waals surface area (Å²) in [6, 6.07) is 8.35. The Morgan fingerprint density at radius 1 is 1.21 bits per heavy atom. The van der Waals surface area contributed by atoms with Crippen molar-refractivity contribution in [1.82, 2.24) is 10.6 Å². The number of hydrogen-bond acceptors (Lipinski definition) is 4. The van der Waals surface area contributed by atoms with Crippen molar-refractivity contribution in [1.29, 1.82) is 0 Å². The minimum atomic E-state index is -2.90. The van der Waals surface area contributed by atoms with Gasteiger partial charge in [-0.1, -0.05) is 31.4 Å². The van der Waals surface area contributed by atoms with E-state index in [-0.39, 0.29) is 46.9 Å². The van der Waals surface area contributed by atoms with Gasteiger partial charge in [0.1, 0.15) is 5.75 Å². The summed E-state index contributed by atoms with van der Waals surface area (Å²) in [7, 11) is 0.519. The Labute approximate surface area is 185 Å². The van der Waals surface area contributed by atoms with Gasteiger partial charge in [-0.25, -0.2) is 8.42 Å². The van der Waals surface area contributed by atoms with Crippen molar-refractivity contribution >= 4 is 39.8 Å². The molecule has 2 aliphatic rings. The lowest BCUT2D eigenvalue weighted by Gasteiger charge is -2.38. The highest BCUT2D eigenvalue weighted by atomic mass is 127. The minimum absolute atomic E-state index is 0. The van der Waals surface area contributed by atoms with Crippen molar-refractivity contribution in [3.63, 3.8) is 0 Å². The average Bonchev–Trinajstić information content (AvgIpc) is 3.04. The van der Waals surface area contributed by atoms with Gasteiger partial charge in [0.15, 0.2) is 15.8 Å². The fourth-order valence-electron chi connectivity index (χ4n) is 4.29. The van der Waals surface area contributed by atoms with Crippen molar-refractivity contribution in [3.8, 4) is 5.75 Å². The average molecular weight is 521 g/mol. The number of nitrogens with one attached hydrogen (secondary N) is 2. The van der Waals surface area contributed by atoms with Gasteiger partial charge in [0.25, 0.3) is 0 Å². The van der Waals surface area contributed by atoms with Crippen LogP contribution in [0.1, 0.15) is 44.1 Å². The normalized spacial score (nSPS) is 23.5. The van der Waals surface area contributed by atoms with Crippen molar-refractivity contribution in [2.45, 2.75) is 50.0 Å². The van der Waals surface area contributed by atoms with Gasteiger partial charge >= 0.3 is 0 Å². The molecular weight excluding hydrogens is 489 g/mol. The van der Waals surface area contributed by atoms with Gasteiger partial charge in [-0.05, 0) is 37.0 Å². The van der Waals surface area contributed by atoms with Crippen LogP contribution in [-0.2, 0) is 15.3 Å². The van der Waals surface area contributed by atoms with Crippen LogP contribution in [0, 0.1) is 0 Å². The lowest BCUT2D eigenvalue weighted by Crippen LogP contribution is -2.49. The number of benzene rings is 1. The largest absolute Gasteiger partial charge is 0.497 e. The second-order valence-corrected chi connectivity index (χ2v) is 9.97. The van der Waals surface area contributed by atoms with Crippen molar-refractivity contribution in [3.05, 3.63) is 29.8 Å². The highest BCUT2D eigenvalue weighted by Gasteiger charge is 2.34. The SMILES string of the molecule is CN=C(NCC1(c2ccc(OC)cc2)CCCCC1)NC1CCS(=O)(=O)C1.I. The van der Waals surface area contributed by atoms with Crippen LogP contribution in [0.5, 0.6) is 5.75 Å². The van der Waals surface area contributed by atoms with Gasteiger partial charge in [-0.15, -0.1) is 24.0 Å². The summed E-state index contributed by atoms with van der Waals surface area (Å²) >= 11 is 0. The van der Waals surface area contributed by atoms with Crippen LogP contribution in [0.15, 0.2) is 29.3 Å². The lowest BCUT2D eigenvalue weighted by atomic mass is 9.69. The number of aliphatic imine (C=N–C) groups is 1. The summed E-state index contributed by atoms with van der Waals surface area (Å²) in [6.07, 6.45) is 6.65. The van der Waals surface area contributed by atoms with Gasteiger partial charge in [0, 0.05) is 25.0 Å². The molecule has 1 heterocycles. The van der Waals surface area contributed by atoms with E-state index in [4.69, 9.17) is 4.74 Å². The lowest BCUT2D eigenvalue weighted by molar-refractivity contribution is 0.290. The zero-order valence-electron chi connectivity index (χ0n) is 16.7. The van der Waals surface area contributed by atoms with E-state index in [0.717, 1.165) is 25.1 Å². The summed E-state index contributed by atoms with van der Waals surface area (Å²) in [6.45, 7) is 0.790. The first-order valence-corrected chi connectivity index (χ1v) is 11.6. The standard InChI is InChI=1S/C20H31N3O3S.HI/c1-21-19(23-17-10-13-27(24,25)14-17)22-15-20(11-4-3-5-12-20)16-6-8-18(26-2)9-7-16;/h6-9,17H,3-5,10-15H2,1-2H3,(H2,21,22,23);1H. The predicted molar refractivity (Wildman–Crippen MR) is 125 cm³/mol. The third kappa shape index (κ3) is 5.75. The van der Waals surface area contributed by atoms with Crippen LogP contribution in [0.4, 0.5) is 0 Å². The summed E-state index contributed by atoms with van der Waals surface area (Å²) in [4.78, 5) is 4.32. The number of sulfone groups is 1. The molecule has 1 aliphatic heterocycles. The Morgan fingerprint density at radius 2 is 1.89 bits per heavy atom. The highest BCUT2D eigenvalue weighted by Crippen LogP contribution is 2.39. The van der Waals surface area contributed by atoms with Crippen molar-refractivity contribution in [2.75, 3.05) is 32.2 Å². The van der Waals surface area contributed by atoms with Crippen LogP contribution in [0.25, 0.3) is 0 Å². The fraction of sp³-hybridized carbons (Fsp3) is 0.650. The molecule has 3 rings (SSSR count). The molecule has 0 radical (unpaired) electrons. The molecule has 1 saturated carbocycles. The number of hydrogen-bond donors (Lipinski definition) is 2. The number of guanidine groups is 1. The molecule has 2 N–H and O–H groups in total. The van der Waals surface area contributed by atoms with Crippen molar-refractivity contribution < 1.29 is 13.2 Å². The second kappa shape index (κ2) is 10.1. The Bertz CT molecular complexity index is 759. The monoisotopic (exact) mass is 521 g/mol. The van der Waals surface area contributed by atoms with Crippen LogP contribution in [0.3, 0.4) is 0 Å². The zero-order chi connectivity index (χ0) is 19.3. The Hall–Kier alpha value is -1.03. The van der Waals surface area contributed by atoms with Gasteiger partial charge in [0.2, 0.25) is 0 Å².